The van der Waals surface area contributed by atoms with Crippen LogP contribution in [0.2, 0.25) is 0 Å². The molecule has 0 bridgehead atoms. The molecule has 1 unspecified atom stereocenters. The third kappa shape index (κ3) is 5.91. The topological polar surface area (TPSA) is 125 Å². The third-order valence-corrected chi connectivity index (χ3v) is 8.21. The zero-order valence-electron chi connectivity index (χ0n) is 19.9. The molecule has 0 spiro atoms. The number of amides is 3. The summed E-state index contributed by atoms with van der Waals surface area (Å²) in [5, 5.41) is 15.6. The highest BCUT2D eigenvalue weighted by Gasteiger charge is 2.38. The largest absolute Gasteiger partial charge is 0.360 e. The van der Waals surface area contributed by atoms with Gasteiger partial charge in [0.05, 0.1) is 11.7 Å². The Hall–Kier alpha value is -3.52. The van der Waals surface area contributed by atoms with Gasteiger partial charge >= 0.3 is 0 Å². The lowest BCUT2D eigenvalue weighted by Gasteiger charge is -2.35. The number of hydrogen-bond donors (Lipinski definition) is 1. The molecule has 0 saturated carbocycles. The number of piperazine rings is 1. The molecule has 0 radical (unpaired) electrons. The van der Waals surface area contributed by atoms with Crippen molar-refractivity contribution in [2.45, 2.75) is 17.7 Å². The molecular formula is C23H24FN7O4S2. The molecule has 5 rings (SSSR count). The van der Waals surface area contributed by atoms with E-state index in [-0.39, 0.29) is 35.7 Å². The fourth-order valence-electron chi connectivity index (χ4n) is 4.24. The summed E-state index contributed by atoms with van der Waals surface area (Å²) < 4.78 is 18.8. The number of thioether (sulfide) groups is 1. The number of hydrogen-bond acceptors (Lipinski definition) is 10. The third-order valence-electron chi connectivity index (χ3n) is 6.09. The van der Waals surface area contributed by atoms with Crippen LogP contribution in [-0.4, -0.2) is 76.5 Å². The van der Waals surface area contributed by atoms with E-state index in [0.29, 0.717) is 54.3 Å². The molecule has 1 aromatic carbocycles. The number of aromatic nitrogens is 3. The summed E-state index contributed by atoms with van der Waals surface area (Å²) in [6.07, 6.45) is 0.150. The number of nitrogens with one attached hydrogen (secondary N) is 1. The highest BCUT2D eigenvalue weighted by molar-refractivity contribution is 8.01. The molecule has 2 aromatic heterocycles. The van der Waals surface area contributed by atoms with E-state index < -0.39 is 5.92 Å². The summed E-state index contributed by atoms with van der Waals surface area (Å²) >= 11 is 2.68. The Morgan fingerprint density at radius 2 is 1.95 bits per heavy atom. The van der Waals surface area contributed by atoms with Gasteiger partial charge < -0.3 is 24.5 Å². The fraction of sp³-hybridized carbons (Fsp3) is 0.391. The summed E-state index contributed by atoms with van der Waals surface area (Å²) in [5.41, 5.74) is 0.599. The van der Waals surface area contributed by atoms with Gasteiger partial charge in [-0.2, -0.15) is 0 Å². The average molecular weight is 546 g/mol. The minimum atomic E-state index is -0.416. The molecule has 3 amide bonds. The molecule has 0 aliphatic carbocycles. The van der Waals surface area contributed by atoms with Crippen LogP contribution in [0.3, 0.4) is 0 Å². The number of carbonyl (C=O) groups is 3. The van der Waals surface area contributed by atoms with Gasteiger partial charge in [-0.15, -0.1) is 10.2 Å². The van der Waals surface area contributed by atoms with Gasteiger partial charge in [0.15, 0.2) is 10.2 Å². The van der Waals surface area contributed by atoms with Crippen LogP contribution in [0.5, 0.6) is 0 Å². The van der Waals surface area contributed by atoms with E-state index in [9.17, 15) is 18.8 Å². The minimum Gasteiger partial charge on any atom is -0.360 e. The Labute approximate surface area is 220 Å². The van der Waals surface area contributed by atoms with Gasteiger partial charge in [0, 0.05) is 50.9 Å². The molecule has 1 N–H and O–H groups in total. The Morgan fingerprint density at radius 3 is 2.65 bits per heavy atom. The van der Waals surface area contributed by atoms with Gasteiger partial charge in [-0.3, -0.25) is 14.4 Å². The molecule has 194 valence electrons. The van der Waals surface area contributed by atoms with E-state index in [0.717, 1.165) is 5.13 Å². The zero-order valence-corrected chi connectivity index (χ0v) is 21.6. The van der Waals surface area contributed by atoms with E-state index in [4.69, 9.17) is 4.52 Å². The number of nitrogens with zero attached hydrogens (tertiary/aromatic N) is 6. The Kier molecular flexibility index (Phi) is 7.37. The smallest absolute Gasteiger partial charge is 0.236 e. The van der Waals surface area contributed by atoms with Gasteiger partial charge in [0.1, 0.15) is 11.6 Å². The van der Waals surface area contributed by atoms with Crippen molar-refractivity contribution in [3.63, 3.8) is 0 Å². The first-order chi connectivity index (χ1) is 17.9. The molecule has 3 aromatic rings. The lowest BCUT2D eigenvalue weighted by atomic mass is 10.1. The highest BCUT2D eigenvalue weighted by Crippen LogP contribution is 2.30. The minimum absolute atomic E-state index is 0.0422. The first kappa shape index (κ1) is 25.1. The van der Waals surface area contributed by atoms with Crippen LogP contribution < -0.4 is 15.1 Å². The predicted molar refractivity (Wildman–Crippen MR) is 136 cm³/mol. The molecule has 2 fully saturated rings. The first-order valence-corrected chi connectivity index (χ1v) is 13.4. The maximum Gasteiger partial charge on any atom is 0.236 e. The maximum atomic E-state index is 13.2. The molecule has 37 heavy (non-hydrogen) atoms. The van der Waals surface area contributed by atoms with Gasteiger partial charge in [0.2, 0.25) is 22.9 Å². The van der Waals surface area contributed by atoms with Crippen LogP contribution >= 0.6 is 23.1 Å². The monoisotopic (exact) mass is 545 g/mol. The SMILES string of the molecule is Cc1cc(NC(=O)CSc2nnc(N3CCN(C(=O)C4CC(=O)N(c5ccc(F)cc5)C4)CC3)s2)no1. The fourth-order valence-corrected chi connectivity index (χ4v) is 5.93. The van der Waals surface area contributed by atoms with E-state index in [2.05, 4.69) is 25.6 Å². The molecular weight excluding hydrogens is 521 g/mol. The summed E-state index contributed by atoms with van der Waals surface area (Å²) in [7, 11) is 0. The second-order valence-corrected chi connectivity index (χ2v) is 10.9. The van der Waals surface area contributed by atoms with Crippen LogP contribution in [0.1, 0.15) is 12.2 Å². The molecule has 2 saturated heterocycles. The Balaban J connectivity index is 1.09. The molecule has 2 aliphatic rings. The summed E-state index contributed by atoms with van der Waals surface area (Å²) in [4.78, 5) is 43.1. The molecule has 14 heteroatoms. The number of halogens is 1. The maximum absolute atomic E-state index is 13.2. The summed E-state index contributed by atoms with van der Waals surface area (Å²) in [6, 6.07) is 7.36. The highest BCUT2D eigenvalue weighted by atomic mass is 32.2. The van der Waals surface area contributed by atoms with Crippen LogP contribution in [-0.2, 0) is 14.4 Å². The number of carbonyl (C=O) groups excluding carboxylic acids is 3. The number of anilines is 3. The second kappa shape index (κ2) is 10.8. The van der Waals surface area contributed by atoms with Gasteiger partial charge in [0.25, 0.3) is 0 Å². The lowest BCUT2D eigenvalue weighted by Crippen LogP contribution is -2.50. The second-order valence-electron chi connectivity index (χ2n) is 8.70. The molecule has 1 atom stereocenters. The van der Waals surface area contributed by atoms with Crippen LogP contribution in [0.4, 0.5) is 21.0 Å². The van der Waals surface area contributed by atoms with Crippen molar-refractivity contribution >= 4 is 57.5 Å². The molecule has 4 heterocycles. The quantitative estimate of drug-likeness (QED) is 0.446. The van der Waals surface area contributed by atoms with Crippen molar-refractivity contribution < 1.29 is 23.3 Å². The van der Waals surface area contributed by atoms with Gasteiger partial charge in [-0.25, -0.2) is 4.39 Å². The number of benzene rings is 1. The number of aryl methyl sites for hydroxylation is 1. The van der Waals surface area contributed by atoms with Crippen LogP contribution in [0, 0.1) is 18.7 Å². The summed E-state index contributed by atoms with van der Waals surface area (Å²) in [6.45, 7) is 4.27. The van der Waals surface area contributed by atoms with Gasteiger partial charge in [-0.1, -0.05) is 28.3 Å². The van der Waals surface area contributed by atoms with Gasteiger partial charge in [-0.05, 0) is 31.2 Å². The van der Waals surface area contributed by atoms with Crippen molar-refractivity contribution in [3.8, 4) is 0 Å². The number of rotatable bonds is 7. The van der Waals surface area contributed by atoms with Crippen molar-refractivity contribution in [2.24, 2.45) is 5.92 Å². The Bertz CT molecular complexity index is 1290. The van der Waals surface area contributed by atoms with E-state index in [1.165, 1.54) is 35.2 Å². The van der Waals surface area contributed by atoms with Crippen LogP contribution in [0.25, 0.3) is 0 Å². The van der Waals surface area contributed by atoms with Crippen molar-refractivity contribution in [3.05, 3.63) is 41.9 Å². The summed E-state index contributed by atoms with van der Waals surface area (Å²) in [5.74, 6) is -0.0256. The normalized spacial score (nSPS) is 17.9. The van der Waals surface area contributed by atoms with E-state index >= 15 is 0 Å². The predicted octanol–water partition coefficient (Wildman–Crippen LogP) is 2.41. The lowest BCUT2D eigenvalue weighted by molar-refractivity contribution is -0.136. The van der Waals surface area contributed by atoms with E-state index in [1.807, 2.05) is 0 Å². The molecule has 11 nitrogen and oxygen atoms in total. The van der Waals surface area contributed by atoms with Crippen LogP contribution in [0.15, 0.2) is 39.2 Å². The van der Waals surface area contributed by atoms with Crippen molar-refractivity contribution in [1.82, 2.24) is 20.3 Å². The Morgan fingerprint density at radius 1 is 1.19 bits per heavy atom. The van der Waals surface area contributed by atoms with E-state index in [1.54, 1.807) is 34.9 Å². The standard InChI is InChI=1S/C23H24FN7O4S2/c1-14-10-18(28-35-14)25-19(32)13-36-23-27-26-22(37-23)30-8-6-29(7-9-30)21(34)15-11-20(33)31(12-15)17-4-2-16(24)3-5-17/h2-5,10,15H,6-9,11-13H2,1H3,(H,25,28,32). The van der Waals surface area contributed by atoms with Crippen molar-refractivity contribution in [1.29, 1.82) is 0 Å². The first-order valence-electron chi connectivity index (χ1n) is 11.6. The zero-order chi connectivity index (χ0) is 25.9. The van der Waals surface area contributed by atoms with Crippen molar-refractivity contribution in [2.75, 3.05) is 53.6 Å². The average Bonchev–Trinajstić information content (AvgIpc) is 3.63. The molecule has 2 aliphatic heterocycles.